The van der Waals surface area contributed by atoms with E-state index in [4.69, 9.17) is 15.2 Å². The van der Waals surface area contributed by atoms with Crippen molar-refractivity contribution in [2.24, 2.45) is 5.73 Å². The maximum absolute atomic E-state index is 5.57. The molecule has 0 unspecified atom stereocenters. The first-order valence-corrected chi connectivity index (χ1v) is 6.39. The lowest BCUT2D eigenvalue weighted by Gasteiger charge is -2.24. The van der Waals surface area contributed by atoms with Crippen LogP contribution in [0, 0.1) is 0 Å². The Morgan fingerprint density at radius 2 is 1.67 bits per heavy atom. The Labute approximate surface area is 110 Å². The number of aryl methyl sites for hydroxylation is 1. The largest absolute Gasteiger partial charge is 0.496 e. The first-order valence-electron chi connectivity index (χ1n) is 6.39. The van der Waals surface area contributed by atoms with Gasteiger partial charge < -0.3 is 15.2 Å². The van der Waals surface area contributed by atoms with Crippen molar-refractivity contribution in [2.45, 2.75) is 39.0 Å². The van der Waals surface area contributed by atoms with E-state index < -0.39 is 0 Å². The van der Waals surface area contributed by atoms with Crippen molar-refractivity contribution in [3.05, 3.63) is 23.3 Å². The summed E-state index contributed by atoms with van der Waals surface area (Å²) in [5.74, 6) is 1.85. The average molecular weight is 251 g/mol. The molecule has 1 rings (SSSR count). The normalized spacial score (nSPS) is 11.4. The van der Waals surface area contributed by atoms with E-state index in [-0.39, 0.29) is 5.41 Å². The zero-order valence-electron chi connectivity index (χ0n) is 12.2. The molecule has 0 aliphatic rings. The van der Waals surface area contributed by atoms with Gasteiger partial charge in [-0.25, -0.2) is 0 Å². The fourth-order valence-corrected chi connectivity index (χ4v) is 2.03. The molecule has 18 heavy (non-hydrogen) atoms. The van der Waals surface area contributed by atoms with Gasteiger partial charge in [-0.3, -0.25) is 0 Å². The Kier molecular flexibility index (Phi) is 5.03. The van der Waals surface area contributed by atoms with Crippen molar-refractivity contribution in [3.63, 3.8) is 0 Å². The van der Waals surface area contributed by atoms with Crippen LogP contribution in [-0.4, -0.2) is 20.8 Å². The van der Waals surface area contributed by atoms with Crippen LogP contribution in [0.5, 0.6) is 11.5 Å². The Bertz CT molecular complexity index is 394. The summed E-state index contributed by atoms with van der Waals surface area (Å²) in [7, 11) is 3.42. The second-order valence-electron chi connectivity index (χ2n) is 5.51. The molecule has 0 bridgehead atoms. The van der Waals surface area contributed by atoms with E-state index in [1.165, 1.54) is 5.56 Å². The highest BCUT2D eigenvalue weighted by atomic mass is 16.5. The lowest BCUT2D eigenvalue weighted by Crippen LogP contribution is -2.14. The van der Waals surface area contributed by atoms with Gasteiger partial charge in [0.05, 0.1) is 14.2 Å². The van der Waals surface area contributed by atoms with Crippen LogP contribution >= 0.6 is 0 Å². The van der Waals surface area contributed by atoms with E-state index in [1.54, 1.807) is 14.2 Å². The maximum atomic E-state index is 5.57. The Balaban J connectivity index is 3.23. The van der Waals surface area contributed by atoms with Crippen molar-refractivity contribution >= 4 is 0 Å². The molecular weight excluding hydrogens is 226 g/mol. The van der Waals surface area contributed by atoms with Gasteiger partial charge in [0.15, 0.2) is 0 Å². The third kappa shape index (κ3) is 3.39. The van der Waals surface area contributed by atoms with Crippen molar-refractivity contribution < 1.29 is 9.47 Å². The number of hydrogen-bond donors (Lipinski definition) is 1. The van der Waals surface area contributed by atoms with Crippen molar-refractivity contribution in [3.8, 4) is 11.5 Å². The summed E-state index contributed by atoms with van der Waals surface area (Å²) in [5.41, 5.74) is 7.92. The molecule has 0 spiro atoms. The molecule has 0 radical (unpaired) electrons. The highest BCUT2D eigenvalue weighted by Crippen LogP contribution is 2.36. The number of ether oxygens (including phenoxy) is 2. The van der Waals surface area contributed by atoms with Crippen molar-refractivity contribution in [1.82, 2.24) is 0 Å². The molecule has 0 aliphatic carbocycles. The second-order valence-corrected chi connectivity index (χ2v) is 5.51. The summed E-state index contributed by atoms with van der Waals surface area (Å²) in [5, 5.41) is 0. The molecule has 0 saturated carbocycles. The van der Waals surface area contributed by atoms with Crippen LogP contribution in [-0.2, 0) is 11.8 Å². The van der Waals surface area contributed by atoms with Gasteiger partial charge in [-0.05, 0) is 42.5 Å². The molecule has 0 fully saturated rings. The monoisotopic (exact) mass is 251 g/mol. The third-order valence-electron chi connectivity index (χ3n) is 3.06. The summed E-state index contributed by atoms with van der Waals surface area (Å²) in [6.45, 7) is 7.20. The predicted molar refractivity (Wildman–Crippen MR) is 75.6 cm³/mol. The smallest absolute Gasteiger partial charge is 0.123 e. The summed E-state index contributed by atoms with van der Waals surface area (Å²) in [6.07, 6.45) is 1.87. The third-order valence-corrected chi connectivity index (χ3v) is 3.06. The highest BCUT2D eigenvalue weighted by molar-refractivity contribution is 5.49. The predicted octanol–water partition coefficient (Wildman–Crippen LogP) is 2.89. The molecule has 0 amide bonds. The molecule has 0 saturated heterocycles. The lowest BCUT2D eigenvalue weighted by molar-refractivity contribution is 0.384. The van der Waals surface area contributed by atoms with Gasteiger partial charge in [0, 0.05) is 5.56 Å². The van der Waals surface area contributed by atoms with Crippen LogP contribution in [0.1, 0.15) is 38.3 Å². The van der Waals surface area contributed by atoms with Crippen LogP contribution in [0.3, 0.4) is 0 Å². The highest BCUT2D eigenvalue weighted by Gasteiger charge is 2.21. The minimum absolute atomic E-state index is 0.0328. The van der Waals surface area contributed by atoms with Gasteiger partial charge in [0.25, 0.3) is 0 Å². The minimum Gasteiger partial charge on any atom is -0.496 e. The number of hydrogen-bond acceptors (Lipinski definition) is 3. The maximum Gasteiger partial charge on any atom is 0.123 e. The Morgan fingerprint density at radius 3 is 2.11 bits per heavy atom. The molecule has 0 aliphatic heterocycles. The molecule has 102 valence electrons. The Morgan fingerprint density at radius 1 is 1.06 bits per heavy atom. The second kappa shape index (κ2) is 6.10. The molecule has 0 heterocycles. The fraction of sp³-hybridized carbons (Fsp3) is 0.600. The van der Waals surface area contributed by atoms with E-state index in [0.29, 0.717) is 6.54 Å². The van der Waals surface area contributed by atoms with E-state index >= 15 is 0 Å². The zero-order chi connectivity index (χ0) is 13.8. The standard InChI is InChI=1S/C15H25NO2/c1-15(2,3)12-10-13(17-4)11(7-6-8-16)9-14(12)18-5/h9-10H,6-8,16H2,1-5H3. The van der Waals surface area contributed by atoms with Crippen LogP contribution in [0.15, 0.2) is 12.1 Å². The van der Waals surface area contributed by atoms with Gasteiger partial charge in [0.1, 0.15) is 11.5 Å². The van der Waals surface area contributed by atoms with Gasteiger partial charge in [-0.1, -0.05) is 20.8 Å². The van der Waals surface area contributed by atoms with E-state index in [2.05, 4.69) is 32.9 Å². The van der Waals surface area contributed by atoms with Crippen LogP contribution in [0.4, 0.5) is 0 Å². The molecule has 1 aromatic carbocycles. The fourth-order valence-electron chi connectivity index (χ4n) is 2.03. The number of benzene rings is 1. The number of nitrogens with two attached hydrogens (primary N) is 1. The molecule has 3 heteroatoms. The summed E-state index contributed by atoms with van der Waals surface area (Å²) in [4.78, 5) is 0. The van der Waals surface area contributed by atoms with Crippen molar-refractivity contribution in [1.29, 1.82) is 0 Å². The van der Waals surface area contributed by atoms with E-state index in [0.717, 1.165) is 29.9 Å². The molecule has 0 aromatic heterocycles. The molecule has 1 aromatic rings. The number of methoxy groups -OCH3 is 2. The first-order chi connectivity index (χ1) is 8.43. The topological polar surface area (TPSA) is 44.5 Å². The van der Waals surface area contributed by atoms with Gasteiger partial charge >= 0.3 is 0 Å². The summed E-state index contributed by atoms with van der Waals surface area (Å²) >= 11 is 0. The SMILES string of the molecule is COc1cc(C(C)(C)C)c(OC)cc1CCCN. The molecular formula is C15H25NO2. The first kappa shape index (κ1) is 14.8. The molecule has 0 atom stereocenters. The summed E-state index contributed by atoms with van der Waals surface area (Å²) in [6, 6.07) is 4.17. The van der Waals surface area contributed by atoms with Gasteiger partial charge in [-0.2, -0.15) is 0 Å². The Hall–Kier alpha value is -1.22. The van der Waals surface area contributed by atoms with Crippen LogP contribution in [0.25, 0.3) is 0 Å². The lowest BCUT2D eigenvalue weighted by atomic mass is 9.85. The average Bonchev–Trinajstić information content (AvgIpc) is 2.33. The van der Waals surface area contributed by atoms with Gasteiger partial charge in [0.2, 0.25) is 0 Å². The van der Waals surface area contributed by atoms with E-state index in [9.17, 15) is 0 Å². The van der Waals surface area contributed by atoms with E-state index in [1.807, 2.05) is 0 Å². The quantitative estimate of drug-likeness (QED) is 0.875. The van der Waals surface area contributed by atoms with Crippen LogP contribution < -0.4 is 15.2 Å². The molecule has 2 N–H and O–H groups in total. The minimum atomic E-state index is 0.0328. The van der Waals surface area contributed by atoms with Crippen LogP contribution in [0.2, 0.25) is 0 Å². The molecule has 3 nitrogen and oxygen atoms in total. The summed E-state index contributed by atoms with van der Waals surface area (Å²) < 4.78 is 11.0. The van der Waals surface area contributed by atoms with Crippen molar-refractivity contribution in [2.75, 3.05) is 20.8 Å². The number of rotatable bonds is 5. The van der Waals surface area contributed by atoms with Gasteiger partial charge in [-0.15, -0.1) is 0 Å². The zero-order valence-corrected chi connectivity index (χ0v) is 12.2.